The summed E-state index contributed by atoms with van der Waals surface area (Å²) in [7, 11) is 0. The molecule has 0 spiro atoms. The van der Waals surface area contributed by atoms with E-state index in [1.807, 2.05) is 35.7 Å². The number of morpholine rings is 1. The standard InChI is InChI=1S/C26H36N4O4S/c1-19(2)16-34-17-21(31)14-30(9-8-29-10-12-33-13-11-29)15-23-27-25(32)24-22(18-35-26(24)28-23)20-6-4-3-5-7-20/h3-7,18-19,21,31H,8-17H2,1-2H3,(H,27,28,32)/t21-/m0/s1. The molecule has 2 aromatic heterocycles. The number of fused-ring (bicyclic) bond motifs is 1. The Labute approximate surface area is 210 Å². The summed E-state index contributed by atoms with van der Waals surface area (Å²) in [5.74, 6) is 1.04. The Balaban J connectivity index is 1.48. The molecule has 1 aliphatic rings. The number of aromatic nitrogens is 2. The first kappa shape index (κ1) is 25.9. The first-order valence-electron chi connectivity index (χ1n) is 12.3. The number of benzene rings is 1. The molecule has 1 saturated heterocycles. The Morgan fingerprint density at radius 2 is 2.00 bits per heavy atom. The predicted octanol–water partition coefficient (Wildman–Crippen LogP) is 2.82. The maximum atomic E-state index is 13.1. The van der Waals surface area contributed by atoms with E-state index in [4.69, 9.17) is 14.5 Å². The van der Waals surface area contributed by atoms with Crippen LogP contribution in [0.5, 0.6) is 0 Å². The molecule has 0 radical (unpaired) electrons. The van der Waals surface area contributed by atoms with Crippen molar-refractivity contribution in [2.75, 3.05) is 59.2 Å². The molecular formula is C26H36N4O4S. The summed E-state index contributed by atoms with van der Waals surface area (Å²) in [6.07, 6.45) is -0.611. The van der Waals surface area contributed by atoms with Gasteiger partial charge in [0.25, 0.3) is 5.56 Å². The van der Waals surface area contributed by atoms with Crippen LogP contribution in [-0.2, 0) is 16.0 Å². The third-order valence-electron chi connectivity index (χ3n) is 6.02. The number of hydrogen-bond acceptors (Lipinski definition) is 8. The van der Waals surface area contributed by atoms with Gasteiger partial charge >= 0.3 is 0 Å². The van der Waals surface area contributed by atoms with Gasteiger partial charge in [-0.05, 0) is 11.5 Å². The Morgan fingerprint density at radius 1 is 1.23 bits per heavy atom. The van der Waals surface area contributed by atoms with Crippen LogP contribution in [0.4, 0.5) is 0 Å². The van der Waals surface area contributed by atoms with Crippen molar-refractivity contribution in [3.63, 3.8) is 0 Å². The lowest BCUT2D eigenvalue weighted by molar-refractivity contribution is 0.000565. The molecule has 0 aliphatic carbocycles. The van der Waals surface area contributed by atoms with Crippen molar-refractivity contribution in [3.05, 3.63) is 51.9 Å². The number of rotatable bonds is 12. The fraction of sp³-hybridized carbons (Fsp3) is 0.538. The molecule has 190 valence electrons. The van der Waals surface area contributed by atoms with Crippen molar-refractivity contribution in [1.82, 2.24) is 19.8 Å². The molecule has 3 aromatic rings. The lowest BCUT2D eigenvalue weighted by Crippen LogP contribution is -2.43. The fourth-order valence-corrected chi connectivity index (χ4v) is 5.21. The lowest BCUT2D eigenvalue weighted by Gasteiger charge is -2.30. The maximum Gasteiger partial charge on any atom is 0.260 e. The molecule has 0 bridgehead atoms. The summed E-state index contributed by atoms with van der Waals surface area (Å²) in [4.78, 5) is 26.1. The molecule has 1 aliphatic heterocycles. The molecule has 0 amide bonds. The van der Waals surface area contributed by atoms with Gasteiger partial charge in [0.1, 0.15) is 10.7 Å². The predicted molar refractivity (Wildman–Crippen MR) is 140 cm³/mol. The van der Waals surface area contributed by atoms with Crippen LogP contribution >= 0.6 is 11.3 Å². The van der Waals surface area contributed by atoms with Crippen molar-refractivity contribution >= 4 is 21.6 Å². The fourth-order valence-electron chi connectivity index (χ4n) is 4.24. The van der Waals surface area contributed by atoms with Crippen LogP contribution in [0.25, 0.3) is 21.3 Å². The average Bonchev–Trinajstić information content (AvgIpc) is 3.28. The third kappa shape index (κ3) is 7.42. The van der Waals surface area contributed by atoms with Gasteiger partial charge < -0.3 is 19.6 Å². The monoisotopic (exact) mass is 500 g/mol. The second-order valence-corrected chi connectivity index (χ2v) is 10.3. The highest BCUT2D eigenvalue weighted by Gasteiger charge is 2.19. The highest BCUT2D eigenvalue weighted by molar-refractivity contribution is 7.17. The lowest BCUT2D eigenvalue weighted by atomic mass is 10.1. The molecule has 35 heavy (non-hydrogen) atoms. The molecule has 8 nitrogen and oxygen atoms in total. The zero-order chi connectivity index (χ0) is 24.6. The summed E-state index contributed by atoms with van der Waals surface area (Å²) in [5.41, 5.74) is 1.79. The number of ether oxygens (including phenoxy) is 2. The number of aliphatic hydroxyl groups excluding tert-OH is 1. The number of nitrogens with one attached hydrogen (secondary N) is 1. The van der Waals surface area contributed by atoms with Crippen LogP contribution in [-0.4, -0.2) is 90.1 Å². The third-order valence-corrected chi connectivity index (χ3v) is 6.89. The van der Waals surface area contributed by atoms with Gasteiger partial charge in [-0.25, -0.2) is 4.98 Å². The second kappa shape index (κ2) is 12.7. The topological polar surface area (TPSA) is 90.9 Å². The highest BCUT2D eigenvalue weighted by Crippen LogP contribution is 2.30. The summed E-state index contributed by atoms with van der Waals surface area (Å²) in [5, 5.41) is 13.2. The number of H-pyrrole nitrogens is 1. The minimum absolute atomic E-state index is 0.126. The van der Waals surface area contributed by atoms with Crippen molar-refractivity contribution in [2.24, 2.45) is 5.92 Å². The Hall–Kier alpha value is -2.14. The van der Waals surface area contributed by atoms with E-state index in [2.05, 4.69) is 28.6 Å². The number of aromatic amines is 1. The van der Waals surface area contributed by atoms with Crippen molar-refractivity contribution in [2.45, 2.75) is 26.5 Å². The number of aliphatic hydroxyl groups is 1. The van der Waals surface area contributed by atoms with Gasteiger partial charge in [-0.2, -0.15) is 0 Å². The van der Waals surface area contributed by atoms with E-state index >= 15 is 0 Å². The quantitative estimate of drug-likeness (QED) is 0.395. The van der Waals surface area contributed by atoms with Crippen LogP contribution in [0.3, 0.4) is 0 Å². The number of nitrogens with zero attached hydrogens (tertiary/aromatic N) is 3. The van der Waals surface area contributed by atoms with Crippen molar-refractivity contribution in [3.8, 4) is 11.1 Å². The van der Waals surface area contributed by atoms with Gasteiger partial charge in [0, 0.05) is 50.3 Å². The van der Waals surface area contributed by atoms with Crippen LogP contribution in [0, 0.1) is 5.92 Å². The molecule has 3 heterocycles. The first-order chi connectivity index (χ1) is 17.0. The second-order valence-electron chi connectivity index (χ2n) is 9.48. The van der Waals surface area contributed by atoms with E-state index in [0.29, 0.717) is 43.4 Å². The van der Waals surface area contributed by atoms with Crippen LogP contribution < -0.4 is 5.56 Å². The number of hydrogen-bond donors (Lipinski definition) is 2. The van der Waals surface area contributed by atoms with Gasteiger partial charge in [0.15, 0.2) is 0 Å². The van der Waals surface area contributed by atoms with Gasteiger partial charge in [0.05, 0.1) is 37.9 Å². The average molecular weight is 501 g/mol. The minimum atomic E-state index is -0.611. The molecular weight excluding hydrogens is 464 g/mol. The molecule has 1 fully saturated rings. The molecule has 1 atom stereocenters. The Morgan fingerprint density at radius 3 is 2.74 bits per heavy atom. The van der Waals surface area contributed by atoms with E-state index in [0.717, 1.165) is 55.4 Å². The van der Waals surface area contributed by atoms with Crippen LogP contribution in [0.2, 0.25) is 0 Å². The van der Waals surface area contributed by atoms with Gasteiger partial charge in [-0.15, -0.1) is 11.3 Å². The van der Waals surface area contributed by atoms with E-state index < -0.39 is 6.10 Å². The van der Waals surface area contributed by atoms with Crippen LogP contribution in [0.1, 0.15) is 19.7 Å². The van der Waals surface area contributed by atoms with Crippen molar-refractivity contribution in [1.29, 1.82) is 0 Å². The molecule has 9 heteroatoms. The zero-order valence-corrected chi connectivity index (χ0v) is 21.4. The van der Waals surface area contributed by atoms with Gasteiger partial charge in [0.2, 0.25) is 0 Å². The van der Waals surface area contributed by atoms with E-state index in [-0.39, 0.29) is 5.56 Å². The highest BCUT2D eigenvalue weighted by atomic mass is 32.1. The van der Waals surface area contributed by atoms with Gasteiger partial charge in [-0.1, -0.05) is 44.2 Å². The molecule has 1 aromatic carbocycles. The molecule has 2 N–H and O–H groups in total. The molecule has 0 saturated carbocycles. The van der Waals surface area contributed by atoms with E-state index in [9.17, 15) is 9.90 Å². The smallest absolute Gasteiger partial charge is 0.260 e. The Kier molecular flexibility index (Phi) is 9.42. The number of thiophene rings is 1. The van der Waals surface area contributed by atoms with Crippen molar-refractivity contribution < 1.29 is 14.6 Å². The summed E-state index contributed by atoms with van der Waals surface area (Å²) < 4.78 is 11.1. The first-order valence-corrected chi connectivity index (χ1v) is 13.2. The van der Waals surface area contributed by atoms with E-state index in [1.165, 1.54) is 11.3 Å². The normalized spacial score (nSPS) is 15.9. The molecule has 0 unspecified atom stereocenters. The largest absolute Gasteiger partial charge is 0.389 e. The summed E-state index contributed by atoms with van der Waals surface area (Å²) in [6.45, 7) is 10.9. The SMILES string of the molecule is CC(C)COC[C@@H](O)CN(CCN1CCOCC1)Cc1nc2scc(-c3ccccc3)c2c(=O)[nH]1. The Bertz CT molecular complexity index is 1110. The van der Waals surface area contributed by atoms with E-state index in [1.54, 1.807) is 0 Å². The maximum absolute atomic E-state index is 13.1. The van der Waals surface area contributed by atoms with Gasteiger partial charge in [-0.3, -0.25) is 14.6 Å². The molecule has 4 rings (SSSR count). The summed E-state index contributed by atoms with van der Waals surface area (Å²) >= 11 is 1.49. The summed E-state index contributed by atoms with van der Waals surface area (Å²) in [6, 6.07) is 9.91. The minimum Gasteiger partial charge on any atom is -0.389 e. The zero-order valence-electron chi connectivity index (χ0n) is 20.6. The van der Waals surface area contributed by atoms with Crippen LogP contribution in [0.15, 0.2) is 40.5 Å².